The van der Waals surface area contributed by atoms with E-state index in [1.807, 2.05) is 30.0 Å². The fraction of sp³-hybridized carbons (Fsp3) is 0.588. The highest BCUT2D eigenvalue weighted by Crippen LogP contribution is 2.28. The van der Waals surface area contributed by atoms with E-state index in [9.17, 15) is 9.90 Å². The molecule has 3 nitrogen and oxygen atoms in total. The molecule has 0 saturated carbocycles. The highest BCUT2D eigenvalue weighted by Gasteiger charge is 2.39. The molecule has 1 aliphatic rings. The van der Waals surface area contributed by atoms with E-state index < -0.39 is 5.60 Å². The van der Waals surface area contributed by atoms with E-state index >= 15 is 0 Å². The molecule has 1 N–H and O–H groups in total. The van der Waals surface area contributed by atoms with Crippen molar-refractivity contribution in [2.24, 2.45) is 5.92 Å². The van der Waals surface area contributed by atoms with E-state index in [4.69, 9.17) is 0 Å². The first-order valence-corrected chi connectivity index (χ1v) is 7.46. The van der Waals surface area contributed by atoms with E-state index in [0.29, 0.717) is 0 Å². The summed E-state index contributed by atoms with van der Waals surface area (Å²) in [5, 5.41) is 10.2. The number of likely N-dealkylation sites (tertiary alicyclic amines) is 1. The Bertz CT molecular complexity index is 450. The predicted molar refractivity (Wildman–Crippen MR) is 80.3 cm³/mol. The molecule has 110 valence electrons. The van der Waals surface area contributed by atoms with Crippen molar-refractivity contribution >= 4 is 5.91 Å². The number of rotatable bonds is 4. The van der Waals surface area contributed by atoms with Crippen LogP contribution >= 0.6 is 0 Å². The summed E-state index contributed by atoms with van der Waals surface area (Å²) in [6.45, 7) is 6.35. The average Bonchev–Trinajstić information content (AvgIpc) is 2.88. The summed E-state index contributed by atoms with van der Waals surface area (Å²) in [7, 11) is 0. The Hall–Kier alpha value is -1.35. The molecule has 1 aromatic rings. The first-order valence-electron chi connectivity index (χ1n) is 7.46. The van der Waals surface area contributed by atoms with E-state index in [1.165, 1.54) is 5.56 Å². The van der Waals surface area contributed by atoms with Crippen LogP contribution in [0.15, 0.2) is 30.3 Å². The summed E-state index contributed by atoms with van der Waals surface area (Å²) in [4.78, 5) is 14.5. The number of benzene rings is 1. The molecule has 2 atom stereocenters. The molecule has 1 saturated heterocycles. The Morgan fingerprint density at radius 3 is 2.65 bits per heavy atom. The SMILES string of the molecule is C[C@H](Cc1ccccc1)C(=O)N1CCC[C@H]1C(C)(C)O. The summed E-state index contributed by atoms with van der Waals surface area (Å²) < 4.78 is 0. The van der Waals surface area contributed by atoms with Gasteiger partial charge in [-0.1, -0.05) is 37.3 Å². The summed E-state index contributed by atoms with van der Waals surface area (Å²) in [6.07, 6.45) is 2.64. The Morgan fingerprint density at radius 2 is 2.05 bits per heavy atom. The maximum Gasteiger partial charge on any atom is 0.226 e. The molecule has 1 heterocycles. The zero-order chi connectivity index (χ0) is 14.8. The van der Waals surface area contributed by atoms with Crippen molar-refractivity contribution in [3.8, 4) is 0 Å². The average molecular weight is 275 g/mol. The van der Waals surface area contributed by atoms with Crippen LogP contribution in [-0.4, -0.2) is 34.1 Å². The number of carbonyl (C=O) groups excluding carboxylic acids is 1. The lowest BCUT2D eigenvalue weighted by Crippen LogP contribution is -2.49. The van der Waals surface area contributed by atoms with Gasteiger partial charge >= 0.3 is 0 Å². The highest BCUT2D eigenvalue weighted by molar-refractivity contribution is 5.79. The van der Waals surface area contributed by atoms with Crippen LogP contribution in [0.25, 0.3) is 0 Å². The van der Waals surface area contributed by atoms with Crippen molar-refractivity contribution in [3.63, 3.8) is 0 Å². The molecular formula is C17H25NO2. The van der Waals surface area contributed by atoms with Crippen molar-refractivity contribution in [2.75, 3.05) is 6.54 Å². The van der Waals surface area contributed by atoms with Gasteiger partial charge in [0.2, 0.25) is 5.91 Å². The van der Waals surface area contributed by atoms with Crippen LogP contribution in [0.3, 0.4) is 0 Å². The van der Waals surface area contributed by atoms with Gasteiger partial charge in [0.15, 0.2) is 0 Å². The molecule has 0 unspecified atom stereocenters. The number of nitrogens with zero attached hydrogens (tertiary/aromatic N) is 1. The monoisotopic (exact) mass is 275 g/mol. The van der Waals surface area contributed by atoms with E-state index in [-0.39, 0.29) is 17.9 Å². The fourth-order valence-corrected chi connectivity index (χ4v) is 3.10. The Balaban J connectivity index is 2.03. The van der Waals surface area contributed by atoms with Gasteiger partial charge < -0.3 is 10.0 Å². The smallest absolute Gasteiger partial charge is 0.226 e. The van der Waals surface area contributed by atoms with E-state index in [1.54, 1.807) is 13.8 Å². The molecule has 20 heavy (non-hydrogen) atoms. The van der Waals surface area contributed by atoms with Gasteiger partial charge in [-0.2, -0.15) is 0 Å². The minimum absolute atomic E-state index is 0.0413. The van der Waals surface area contributed by atoms with Crippen molar-refractivity contribution in [1.82, 2.24) is 4.90 Å². The lowest BCUT2D eigenvalue weighted by Gasteiger charge is -2.35. The maximum absolute atomic E-state index is 12.6. The van der Waals surface area contributed by atoms with Gasteiger partial charge in [0.1, 0.15) is 0 Å². The largest absolute Gasteiger partial charge is 0.388 e. The molecule has 1 aromatic carbocycles. The van der Waals surface area contributed by atoms with Gasteiger partial charge in [-0.05, 0) is 38.7 Å². The molecule has 1 aliphatic heterocycles. The third-order valence-corrected chi connectivity index (χ3v) is 4.16. The third kappa shape index (κ3) is 3.40. The first kappa shape index (κ1) is 15.0. The van der Waals surface area contributed by atoms with Gasteiger partial charge in [-0.25, -0.2) is 0 Å². The van der Waals surface area contributed by atoms with E-state index in [2.05, 4.69) is 12.1 Å². The summed E-state index contributed by atoms with van der Waals surface area (Å²) >= 11 is 0. The first-order chi connectivity index (χ1) is 9.39. The lowest BCUT2D eigenvalue weighted by atomic mass is 9.94. The molecular weight excluding hydrogens is 250 g/mol. The molecule has 1 amide bonds. The second kappa shape index (κ2) is 5.96. The minimum atomic E-state index is -0.821. The fourth-order valence-electron chi connectivity index (χ4n) is 3.10. The zero-order valence-electron chi connectivity index (χ0n) is 12.7. The Morgan fingerprint density at radius 1 is 1.40 bits per heavy atom. The molecule has 0 aliphatic carbocycles. The van der Waals surface area contributed by atoms with Crippen molar-refractivity contribution < 1.29 is 9.90 Å². The molecule has 0 aromatic heterocycles. The second-order valence-corrected chi connectivity index (χ2v) is 6.43. The van der Waals surface area contributed by atoms with Crippen LogP contribution in [0.1, 0.15) is 39.2 Å². The molecule has 2 rings (SSSR count). The molecule has 3 heteroatoms. The van der Waals surface area contributed by atoms with E-state index in [0.717, 1.165) is 25.8 Å². The number of hydrogen-bond acceptors (Lipinski definition) is 2. The summed E-state index contributed by atoms with van der Waals surface area (Å²) in [5.41, 5.74) is 0.367. The van der Waals surface area contributed by atoms with Crippen LogP contribution in [0, 0.1) is 5.92 Å². The number of aliphatic hydroxyl groups is 1. The highest BCUT2D eigenvalue weighted by atomic mass is 16.3. The maximum atomic E-state index is 12.6. The standard InChI is InChI=1S/C17H25NO2/c1-13(12-14-8-5-4-6-9-14)16(19)18-11-7-10-15(18)17(2,3)20/h4-6,8-9,13,15,20H,7,10-12H2,1-3H3/t13-,15+/m1/s1. The van der Waals surface area contributed by atoms with Crippen LogP contribution < -0.4 is 0 Å². The summed E-state index contributed by atoms with van der Waals surface area (Å²) in [5.74, 6) is 0.124. The van der Waals surface area contributed by atoms with Crippen LogP contribution in [0.4, 0.5) is 0 Å². The van der Waals surface area contributed by atoms with Gasteiger partial charge in [0.25, 0.3) is 0 Å². The molecule has 1 fully saturated rings. The molecule has 0 bridgehead atoms. The summed E-state index contributed by atoms with van der Waals surface area (Å²) in [6, 6.07) is 10.1. The van der Waals surface area contributed by atoms with Crippen molar-refractivity contribution in [1.29, 1.82) is 0 Å². The molecule has 0 radical (unpaired) electrons. The van der Waals surface area contributed by atoms with Gasteiger partial charge in [0, 0.05) is 12.5 Å². The number of amides is 1. The van der Waals surface area contributed by atoms with Crippen molar-refractivity contribution in [2.45, 2.75) is 51.7 Å². The Labute approximate surface area is 121 Å². The topological polar surface area (TPSA) is 40.5 Å². The second-order valence-electron chi connectivity index (χ2n) is 6.43. The van der Waals surface area contributed by atoms with Gasteiger partial charge in [-0.3, -0.25) is 4.79 Å². The number of carbonyl (C=O) groups is 1. The van der Waals surface area contributed by atoms with Crippen LogP contribution in [-0.2, 0) is 11.2 Å². The number of hydrogen-bond donors (Lipinski definition) is 1. The molecule has 0 spiro atoms. The predicted octanol–water partition coefficient (Wildman–Crippen LogP) is 2.63. The minimum Gasteiger partial charge on any atom is -0.388 e. The third-order valence-electron chi connectivity index (χ3n) is 4.16. The van der Waals surface area contributed by atoms with Crippen molar-refractivity contribution in [3.05, 3.63) is 35.9 Å². The normalized spacial score (nSPS) is 21.0. The van der Waals surface area contributed by atoms with Crippen LogP contribution in [0.2, 0.25) is 0 Å². The quantitative estimate of drug-likeness (QED) is 0.917. The lowest BCUT2D eigenvalue weighted by molar-refractivity contribution is -0.140. The Kier molecular flexibility index (Phi) is 4.48. The van der Waals surface area contributed by atoms with Gasteiger partial charge in [-0.15, -0.1) is 0 Å². The van der Waals surface area contributed by atoms with Gasteiger partial charge in [0.05, 0.1) is 11.6 Å². The zero-order valence-corrected chi connectivity index (χ0v) is 12.7. The van der Waals surface area contributed by atoms with Crippen LogP contribution in [0.5, 0.6) is 0 Å².